The Morgan fingerprint density at radius 1 is 1.03 bits per heavy atom. The second kappa shape index (κ2) is 9.90. The Kier molecular flexibility index (Phi) is 7.08. The van der Waals surface area contributed by atoms with Crippen molar-refractivity contribution in [3.05, 3.63) is 52.1 Å². The lowest BCUT2D eigenvalue weighted by atomic mass is 9.86. The fourth-order valence-corrected chi connectivity index (χ4v) is 5.22. The molecule has 1 atom stereocenters. The van der Waals surface area contributed by atoms with Gasteiger partial charge in [-0.05, 0) is 74.9 Å². The Morgan fingerprint density at radius 2 is 1.74 bits per heavy atom. The lowest BCUT2D eigenvalue weighted by Gasteiger charge is -2.39. The predicted octanol–water partition coefficient (Wildman–Crippen LogP) is 4.09. The average molecular weight is 480 g/mol. The van der Waals surface area contributed by atoms with Crippen LogP contribution < -0.4 is 10.1 Å². The van der Waals surface area contributed by atoms with E-state index in [9.17, 15) is 14.7 Å². The first-order valence-electron chi connectivity index (χ1n) is 12.5. The van der Waals surface area contributed by atoms with Gasteiger partial charge < -0.3 is 20.1 Å². The van der Waals surface area contributed by atoms with Crippen LogP contribution in [-0.4, -0.2) is 58.5 Å². The van der Waals surface area contributed by atoms with Gasteiger partial charge in [-0.25, -0.2) is 0 Å². The van der Waals surface area contributed by atoms with Crippen LogP contribution in [-0.2, 0) is 22.6 Å². The molecular weight excluding hydrogens is 442 g/mol. The molecule has 2 aliphatic heterocycles. The summed E-state index contributed by atoms with van der Waals surface area (Å²) >= 11 is 0. The van der Waals surface area contributed by atoms with Crippen molar-refractivity contribution in [1.82, 2.24) is 9.80 Å². The Balaban J connectivity index is 1.41. The zero-order valence-electron chi connectivity index (χ0n) is 21.5. The Morgan fingerprint density at radius 3 is 2.43 bits per heavy atom. The van der Waals surface area contributed by atoms with Gasteiger partial charge in [0.1, 0.15) is 11.5 Å². The van der Waals surface area contributed by atoms with Gasteiger partial charge in [0.05, 0.1) is 0 Å². The largest absolute Gasteiger partial charge is 0.507 e. The molecule has 2 amide bonds. The number of hydrogen-bond donors (Lipinski definition) is 2. The van der Waals surface area contributed by atoms with Gasteiger partial charge in [0.25, 0.3) is 5.91 Å². The summed E-state index contributed by atoms with van der Waals surface area (Å²) in [5, 5.41) is 13.2. The highest BCUT2D eigenvalue weighted by atomic mass is 16.5. The van der Waals surface area contributed by atoms with E-state index in [2.05, 4.69) is 10.2 Å². The van der Waals surface area contributed by atoms with E-state index in [0.29, 0.717) is 25.1 Å². The van der Waals surface area contributed by atoms with Crippen molar-refractivity contribution in [3.63, 3.8) is 0 Å². The first-order valence-corrected chi connectivity index (χ1v) is 12.5. The lowest BCUT2D eigenvalue weighted by Crippen LogP contribution is -2.53. The van der Waals surface area contributed by atoms with Gasteiger partial charge >= 0.3 is 0 Å². The molecule has 2 heterocycles. The Labute approximate surface area is 208 Å². The second-order valence-corrected chi connectivity index (χ2v) is 10.2. The molecule has 1 fully saturated rings. The third-order valence-corrected chi connectivity index (χ3v) is 7.53. The van der Waals surface area contributed by atoms with Crippen LogP contribution in [0.2, 0.25) is 0 Å². The van der Waals surface area contributed by atoms with E-state index >= 15 is 0 Å². The van der Waals surface area contributed by atoms with Gasteiger partial charge in [-0.15, -0.1) is 0 Å². The summed E-state index contributed by atoms with van der Waals surface area (Å²) < 4.78 is 6.44. The van der Waals surface area contributed by atoms with E-state index < -0.39 is 5.60 Å². The third-order valence-electron chi connectivity index (χ3n) is 7.53. The number of phenolic OH excluding ortho intramolecular Hbond substituents is 1. The summed E-state index contributed by atoms with van der Waals surface area (Å²) in [4.78, 5) is 29.2. The zero-order valence-corrected chi connectivity index (χ0v) is 21.5. The van der Waals surface area contributed by atoms with Crippen molar-refractivity contribution in [3.8, 4) is 11.5 Å². The van der Waals surface area contributed by atoms with Crippen molar-refractivity contribution in [2.75, 3.05) is 31.5 Å². The second-order valence-electron chi connectivity index (χ2n) is 10.2. The number of hydrogen-bond acceptors (Lipinski definition) is 5. The molecule has 35 heavy (non-hydrogen) atoms. The smallest absolute Gasteiger partial charge is 0.266 e. The summed E-state index contributed by atoms with van der Waals surface area (Å²) in [5.74, 6) is 1.07. The standard InChI is InChI=1S/C28H37N3O4/c1-18-19(2)26-24(20(3)25(18)33)11-12-28(5,35-26)27(34)31-14-6-13-30(15-16-31)17-22-7-9-23(10-8-22)29-21(4)32/h7-10,33H,6,11-17H2,1-5H3,(H,29,32). The number of aromatic hydroxyl groups is 1. The molecule has 1 unspecified atom stereocenters. The number of nitrogens with zero attached hydrogens (tertiary/aromatic N) is 2. The number of benzene rings is 2. The van der Waals surface area contributed by atoms with Gasteiger partial charge in [-0.3, -0.25) is 14.5 Å². The van der Waals surface area contributed by atoms with Crippen LogP contribution >= 0.6 is 0 Å². The van der Waals surface area contributed by atoms with E-state index in [4.69, 9.17) is 4.74 Å². The van der Waals surface area contributed by atoms with E-state index in [-0.39, 0.29) is 11.8 Å². The van der Waals surface area contributed by atoms with Gasteiger partial charge in [0, 0.05) is 57.3 Å². The number of ether oxygens (including phenoxy) is 1. The van der Waals surface area contributed by atoms with Gasteiger partial charge in [0.15, 0.2) is 5.60 Å². The topological polar surface area (TPSA) is 82.1 Å². The molecule has 4 rings (SSSR count). The average Bonchev–Trinajstić information content (AvgIpc) is 3.07. The van der Waals surface area contributed by atoms with E-state index in [1.165, 1.54) is 12.5 Å². The van der Waals surface area contributed by atoms with Crippen molar-refractivity contribution < 1.29 is 19.4 Å². The van der Waals surface area contributed by atoms with Crippen LogP contribution in [0.15, 0.2) is 24.3 Å². The summed E-state index contributed by atoms with van der Waals surface area (Å²) in [6.07, 6.45) is 2.22. The van der Waals surface area contributed by atoms with Gasteiger partial charge in [-0.1, -0.05) is 12.1 Å². The minimum absolute atomic E-state index is 0.0486. The van der Waals surface area contributed by atoms with Crippen LogP contribution in [0.1, 0.15) is 54.5 Å². The Hall–Kier alpha value is -3.06. The highest BCUT2D eigenvalue weighted by molar-refractivity contribution is 5.88. The summed E-state index contributed by atoms with van der Waals surface area (Å²) in [6.45, 7) is 13.1. The van der Waals surface area contributed by atoms with Crippen LogP contribution in [0.25, 0.3) is 0 Å². The maximum Gasteiger partial charge on any atom is 0.266 e. The molecule has 0 bridgehead atoms. The molecule has 2 aromatic rings. The third kappa shape index (κ3) is 5.15. The van der Waals surface area contributed by atoms with Crippen LogP contribution in [0.3, 0.4) is 0 Å². The molecule has 7 nitrogen and oxygen atoms in total. The molecule has 1 saturated heterocycles. The molecule has 2 aromatic carbocycles. The molecule has 2 N–H and O–H groups in total. The van der Waals surface area contributed by atoms with Crippen molar-refractivity contribution in [2.45, 2.75) is 66.0 Å². The summed E-state index contributed by atoms with van der Waals surface area (Å²) in [7, 11) is 0. The normalized spacial score (nSPS) is 20.5. The molecule has 188 valence electrons. The number of anilines is 1. The minimum Gasteiger partial charge on any atom is -0.507 e. The number of fused-ring (bicyclic) bond motifs is 1. The summed E-state index contributed by atoms with van der Waals surface area (Å²) in [6, 6.07) is 7.93. The van der Waals surface area contributed by atoms with Gasteiger partial charge in [-0.2, -0.15) is 0 Å². The molecular formula is C28H37N3O4. The highest BCUT2D eigenvalue weighted by Gasteiger charge is 2.43. The molecule has 0 aliphatic carbocycles. The SMILES string of the molecule is CC(=O)Nc1ccc(CN2CCCN(C(=O)C3(C)CCc4c(C)c(O)c(C)c(C)c4O3)CC2)cc1. The van der Waals surface area contributed by atoms with E-state index in [0.717, 1.165) is 66.3 Å². The number of amides is 2. The van der Waals surface area contributed by atoms with E-state index in [1.807, 2.05) is 56.9 Å². The molecule has 0 radical (unpaired) electrons. The maximum absolute atomic E-state index is 13.7. The van der Waals surface area contributed by atoms with Crippen LogP contribution in [0.4, 0.5) is 5.69 Å². The highest BCUT2D eigenvalue weighted by Crippen LogP contribution is 2.43. The monoisotopic (exact) mass is 479 g/mol. The number of carbonyl (C=O) groups is 2. The lowest BCUT2D eigenvalue weighted by molar-refractivity contribution is -0.148. The van der Waals surface area contributed by atoms with Crippen molar-refractivity contribution >= 4 is 17.5 Å². The number of nitrogens with one attached hydrogen (secondary N) is 1. The van der Waals surface area contributed by atoms with Crippen molar-refractivity contribution in [1.29, 1.82) is 0 Å². The van der Waals surface area contributed by atoms with E-state index in [1.54, 1.807) is 0 Å². The first kappa shape index (κ1) is 25.0. The minimum atomic E-state index is -0.900. The quantitative estimate of drug-likeness (QED) is 0.690. The van der Waals surface area contributed by atoms with Crippen LogP contribution in [0.5, 0.6) is 11.5 Å². The molecule has 0 spiro atoms. The molecule has 2 aliphatic rings. The predicted molar refractivity (Wildman–Crippen MR) is 137 cm³/mol. The fourth-order valence-electron chi connectivity index (χ4n) is 5.22. The van der Waals surface area contributed by atoms with Crippen molar-refractivity contribution in [2.24, 2.45) is 0 Å². The molecule has 0 aromatic heterocycles. The van der Waals surface area contributed by atoms with Crippen LogP contribution in [0, 0.1) is 20.8 Å². The number of carbonyl (C=O) groups excluding carboxylic acids is 2. The van der Waals surface area contributed by atoms with Gasteiger partial charge in [0.2, 0.25) is 5.91 Å². The maximum atomic E-state index is 13.7. The fraction of sp³-hybridized carbons (Fsp3) is 0.500. The molecule has 0 saturated carbocycles. The first-order chi connectivity index (χ1) is 16.6. The zero-order chi connectivity index (χ0) is 25.3. The Bertz CT molecular complexity index is 1130. The number of phenols is 1. The summed E-state index contributed by atoms with van der Waals surface area (Å²) in [5.41, 5.74) is 4.68. The molecule has 7 heteroatoms. The number of rotatable bonds is 4.